The van der Waals surface area contributed by atoms with Crippen molar-refractivity contribution in [2.45, 2.75) is 6.54 Å². The van der Waals surface area contributed by atoms with Crippen molar-refractivity contribution in [3.8, 4) is 0 Å². The molecular formula is C7H6Br2N2O2. The second kappa shape index (κ2) is 4.17. The SMILES string of the molecule is NCc1c(Br)ccc(Br)c1[N+](=O)[O-]. The Morgan fingerprint density at radius 3 is 2.31 bits per heavy atom. The second-order valence-electron chi connectivity index (χ2n) is 2.32. The largest absolute Gasteiger partial charge is 0.326 e. The predicted molar refractivity (Wildman–Crippen MR) is 56.4 cm³/mol. The molecule has 1 aromatic carbocycles. The lowest BCUT2D eigenvalue weighted by atomic mass is 10.2. The maximum Gasteiger partial charge on any atom is 0.289 e. The van der Waals surface area contributed by atoms with Gasteiger partial charge in [0.05, 0.1) is 15.0 Å². The third-order valence-electron chi connectivity index (χ3n) is 1.56. The van der Waals surface area contributed by atoms with Gasteiger partial charge in [0.1, 0.15) is 0 Å². The lowest BCUT2D eigenvalue weighted by Crippen LogP contribution is -2.03. The van der Waals surface area contributed by atoms with E-state index in [2.05, 4.69) is 31.9 Å². The molecule has 2 N–H and O–H groups in total. The van der Waals surface area contributed by atoms with Crippen LogP contribution in [0.5, 0.6) is 0 Å². The Balaban J connectivity index is 3.43. The van der Waals surface area contributed by atoms with Crippen LogP contribution in [0.2, 0.25) is 0 Å². The minimum absolute atomic E-state index is 0.0249. The van der Waals surface area contributed by atoms with Crippen molar-refractivity contribution in [3.63, 3.8) is 0 Å². The third kappa shape index (κ3) is 2.07. The smallest absolute Gasteiger partial charge is 0.289 e. The molecule has 70 valence electrons. The highest BCUT2D eigenvalue weighted by molar-refractivity contribution is 9.11. The van der Waals surface area contributed by atoms with Gasteiger partial charge in [0.15, 0.2) is 0 Å². The first-order valence-corrected chi connectivity index (χ1v) is 4.98. The minimum Gasteiger partial charge on any atom is -0.326 e. The Hall–Kier alpha value is -0.460. The summed E-state index contributed by atoms with van der Waals surface area (Å²) in [5.41, 5.74) is 5.93. The summed E-state index contributed by atoms with van der Waals surface area (Å²) in [4.78, 5) is 10.2. The van der Waals surface area contributed by atoms with Crippen molar-refractivity contribution in [2.24, 2.45) is 5.73 Å². The monoisotopic (exact) mass is 308 g/mol. The number of nitrogens with zero attached hydrogens (tertiary/aromatic N) is 1. The Labute approximate surface area is 91.5 Å². The van der Waals surface area contributed by atoms with Crippen LogP contribution in [0.25, 0.3) is 0 Å². The number of hydrogen-bond donors (Lipinski definition) is 1. The average molecular weight is 310 g/mol. The van der Waals surface area contributed by atoms with E-state index in [1.54, 1.807) is 12.1 Å². The van der Waals surface area contributed by atoms with Crippen LogP contribution in [0, 0.1) is 10.1 Å². The maximum atomic E-state index is 10.7. The molecule has 4 nitrogen and oxygen atoms in total. The van der Waals surface area contributed by atoms with Crippen LogP contribution in [0.3, 0.4) is 0 Å². The normalized spacial score (nSPS) is 10.1. The summed E-state index contributed by atoms with van der Waals surface area (Å²) >= 11 is 6.31. The molecule has 0 aromatic heterocycles. The Morgan fingerprint density at radius 2 is 1.92 bits per heavy atom. The summed E-state index contributed by atoms with van der Waals surface area (Å²) < 4.78 is 1.10. The molecule has 0 radical (unpaired) electrons. The Morgan fingerprint density at radius 1 is 1.38 bits per heavy atom. The van der Waals surface area contributed by atoms with Crippen molar-refractivity contribution in [3.05, 3.63) is 36.8 Å². The van der Waals surface area contributed by atoms with Crippen LogP contribution in [0.15, 0.2) is 21.1 Å². The van der Waals surface area contributed by atoms with E-state index in [0.717, 1.165) is 0 Å². The number of nitro groups is 1. The van der Waals surface area contributed by atoms with E-state index in [0.29, 0.717) is 14.5 Å². The van der Waals surface area contributed by atoms with Gasteiger partial charge in [-0.05, 0) is 28.1 Å². The van der Waals surface area contributed by atoms with Gasteiger partial charge in [-0.2, -0.15) is 0 Å². The van der Waals surface area contributed by atoms with Gasteiger partial charge < -0.3 is 5.73 Å². The molecule has 0 atom stereocenters. The minimum atomic E-state index is -0.447. The van der Waals surface area contributed by atoms with Gasteiger partial charge in [0.25, 0.3) is 5.69 Å². The number of hydrogen-bond acceptors (Lipinski definition) is 3. The van der Waals surface area contributed by atoms with E-state index >= 15 is 0 Å². The molecule has 0 saturated heterocycles. The molecule has 1 aromatic rings. The van der Waals surface area contributed by atoms with Crippen LogP contribution >= 0.6 is 31.9 Å². The number of nitrogens with two attached hydrogens (primary N) is 1. The highest BCUT2D eigenvalue weighted by atomic mass is 79.9. The molecule has 0 aliphatic rings. The Kier molecular flexibility index (Phi) is 3.40. The molecule has 0 spiro atoms. The zero-order chi connectivity index (χ0) is 10.0. The van der Waals surface area contributed by atoms with Crippen LogP contribution in [-0.2, 0) is 6.54 Å². The molecule has 0 bridgehead atoms. The van der Waals surface area contributed by atoms with Crippen LogP contribution in [0.4, 0.5) is 5.69 Å². The Bertz CT molecular complexity index is 355. The van der Waals surface area contributed by atoms with Gasteiger partial charge >= 0.3 is 0 Å². The lowest BCUT2D eigenvalue weighted by Gasteiger charge is -2.03. The summed E-state index contributed by atoms with van der Waals surface area (Å²) in [5.74, 6) is 0. The number of benzene rings is 1. The fraction of sp³-hybridized carbons (Fsp3) is 0.143. The predicted octanol–water partition coefficient (Wildman–Crippen LogP) is 2.58. The van der Waals surface area contributed by atoms with E-state index in [-0.39, 0.29) is 12.2 Å². The average Bonchev–Trinajstić information content (AvgIpc) is 2.07. The first kappa shape index (κ1) is 10.6. The fourth-order valence-electron chi connectivity index (χ4n) is 0.975. The first-order valence-electron chi connectivity index (χ1n) is 3.39. The summed E-state index contributed by atoms with van der Waals surface area (Å²) in [6.07, 6.45) is 0. The number of nitro benzene ring substituents is 1. The van der Waals surface area contributed by atoms with Crippen molar-refractivity contribution in [1.29, 1.82) is 0 Å². The van der Waals surface area contributed by atoms with E-state index in [9.17, 15) is 10.1 Å². The van der Waals surface area contributed by atoms with Crippen LogP contribution < -0.4 is 5.73 Å². The van der Waals surface area contributed by atoms with Gasteiger partial charge in [-0.3, -0.25) is 10.1 Å². The number of rotatable bonds is 2. The second-order valence-corrected chi connectivity index (χ2v) is 4.03. The first-order chi connectivity index (χ1) is 6.07. The molecule has 0 amide bonds. The molecule has 0 unspecified atom stereocenters. The quantitative estimate of drug-likeness (QED) is 0.674. The van der Waals surface area contributed by atoms with Gasteiger partial charge in [-0.1, -0.05) is 15.9 Å². The summed E-state index contributed by atoms with van der Waals surface area (Å²) in [5, 5.41) is 10.7. The van der Waals surface area contributed by atoms with E-state index in [4.69, 9.17) is 5.73 Å². The number of halogens is 2. The third-order valence-corrected chi connectivity index (χ3v) is 2.95. The molecule has 0 aliphatic heterocycles. The van der Waals surface area contributed by atoms with E-state index < -0.39 is 4.92 Å². The lowest BCUT2D eigenvalue weighted by molar-refractivity contribution is -0.386. The van der Waals surface area contributed by atoms with E-state index in [1.165, 1.54) is 0 Å². The summed E-state index contributed by atoms with van der Waals surface area (Å²) in [6, 6.07) is 3.33. The molecule has 0 fully saturated rings. The molecule has 1 rings (SSSR count). The molecule has 0 saturated carbocycles. The fourth-order valence-corrected chi connectivity index (χ4v) is 1.97. The van der Waals surface area contributed by atoms with Crippen LogP contribution in [-0.4, -0.2) is 4.92 Å². The van der Waals surface area contributed by atoms with Crippen LogP contribution in [0.1, 0.15) is 5.56 Å². The molecule has 0 aliphatic carbocycles. The highest BCUT2D eigenvalue weighted by Crippen LogP contribution is 2.33. The van der Waals surface area contributed by atoms with Crippen molar-refractivity contribution < 1.29 is 4.92 Å². The van der Waals surface area contributed by atoms with Crippen molar-refractivity contribution >= 4 is 37.5 Å². The maximum absolute atomic E-state index is 10.7. The molecule has 6 heteroatoms. The molecule has 0 heterocycles. The van der Waals surface area contributed by atoms with Gasteiger partial charge in [-0.25, -0.2) is 0 Å². The van der Waals surface area contributed by atoms with Gasteiger partial charge in [-0.15, -0.1) is 0 Å². The zero-order valence-electron chi connectivity index (χ0n) is 6.46. The van der Waals surface area contributed by atoms with Crippen molar-refractivity contribution in [2.75, 3.05) is 0 Å². The summed E-state index contributed by atoms with van der Waals surface area (Å²) in [6.45, 7) is 0.135. The summed E-state index contributed by atoms with van der Waals surface area (Å²) in [7, 11) is 0. The standard InChI is InChI=1S/C7H6Br2N2O2/c8-5-1-2-6(9)7(11(12)13)4(5)3-10/h1-2H,3,10H2. The highest BCUT2D eigenvalue weighted by Gasteiger charge is 2.19. The zero-order valence-corrected chi connectivity index (χ0v) is 9.63. The molecule has 13 heavy (non-hydrogen) atoms. The van der Waals surface area contributed by atoms with Gasteiger partial charge in [0.2, 0.25) is 0 Å². The molecular weight excluding hydrogens is 304 g/mol. The van der Waals surface area contributed by atoms with Gasteiger partial charge in [0, 0.05) is 11.0 Å². The van der Waals surface area contributed by atoms with E-state index in [1.807, 2.05) is 0 Å². The van der Waals surface area contributed by atoms with Crippen molar-refractivity contribution in [1.82, 2.24) is 0 Å². The topological polar surface area (TPSA) is 69.2 Å².